The molecule has 1 atom stereocenters. The standard InChI is InChI=1S/C13H28O6Si2/c1-8-13(12-21(17-5,18-6)19-7)10-9-11-20(14-2,15-3)16-4/h8-10,13H,1,11-12H2,2-7H3. The summed E-state index contributed by atoms with van der Waals surface area (Å²) in [7, 11) is 4.37. The molecule has 0 saturated heterocycles. The third-order valence-electron chi connectivity index (χ3n) is 3.41. The van der Waals surface area contributed by atoms with E-state index in [1.54, 1.807) is 42.7 Å². The molecular weight excluding hydrogens is 308 g/mol. The lowest BCUT2D eigenvalue weighted by Gasteiger charge is -2.26. The van der Waals surface area contributed by atoms with Gasteiger partial charge in [-0.3, -0.25) is 0 Å². The van der Waals surface area contributed by atoms with Crippen LogP contribution in [0, 0.1) is 5.92 Å². The largest absolute Gasteiger partial charge is 0.504 e. The van der Waals surface area contributed by atoms with E-state index in [0.717, 1.165) is 0 Å². The molecule has 0 saturated carbocycles. The molecule has 0 aliphatic carbocycles. The molecule has 6 nitrogen and oxygen atoms in total. The second-order valence-corrected chi connectivity index (χ2v) is 10.3. The molecule has 0 aliphatic rings. The fourth-order valence-electron chi connectivity index (χ4n) is 1.91. The van der Waals surface area contributed by atoms with Crippen molar-refractivity contribution in [2.75, 3.05) is 42.7 Å². The van der Waals surface area contributed by atoms with Crippen LogP contribution in [0.25, 0.3) is 0 Å². The topological polar surface area (TPSA) is 55.4 Å². The first-order valence-corrected chi connectivity index (χ1v) is 10.5. The van der Waals surface area contributed by atoms with E-state index in [2.05, 4.69) is 6.58 Å². The zero-order valence-corrected chi connectivity index (χ0v) is 15.9. The third kappa shape index (κ3) is 6.13. The molecule has 0 fully saturated rings. The van der Waals surface area contributed by atoms with Crippen molar-refractivity contribution in [2.45, 2.75) is 12.1 Å². The van der Waals surface area contributed by atoms with Crippen LogP contribution in [0.3, 0.4) is 0 Å². The Bertz CT molecular complexity index is 299. The Morgan fingerprint density at radius 2 is 1.24 bits per heavy atom. The lowest BCUT2D eigenvalue weighted by molar-refractivity contribution is 0.121. The smallest absolute Gasteiger partial charge is 0.377 e. The molecule has 8 heteroatoms. The molecule has 0 rings (SSSR count). The molecule has 0 bridgehead atoms. The van der Waals surface area contributed by atoms with E-state index in [4.69, 9.17) is 26.6 Å². The van der Waals surface area contributed by atoms with Crippen LogP contribution in [0.15, 0.2) is 24.8 Å². The van der Waals surface area contributed by atoms with Gasteiger partial charge >= 0.3 is 17.6 Å². The van der Waals surface area contributed by atoms with E-state index in [9.17, 15) is 0 Å². The molecule has 0 aromatic heterocycles. The van der Waals surface area contributed by atoms with Crippen molar-refractivity contribution in [1.29, 1.82) is 0 Å². The van der Waals surface area contributed by atoms with Crippen molar-refractivity contribution >= 4 is 17.6 Å². The summed E-state index contributed by atoms with van der Waals surface area (Å²) in [5.74, 6) is 0.0776. The molecule has 0 spiro atoms. The molecule has 0 aromatic rings. The van der Waals surface area contributed by atoms with Gasteiger partial charge in [0, 0.05) is 54.7 Å². The van der Waals surface area contributed by atoms with Crippen molar-refractivity contribution in [3.63, 3.8) is 0 Å². The predicted octanol–water partition coefficient (Wildman–Crippen LogP) is 2.10. The van der Waals surface area contributed by atoms with Gasteiger partial charge in [0.1, 0.15) is 0 Å². The van der Waals surface area contributed by atoms with Crippen LogP contribution in [0.1, 0.15) is 0 Å². The molecule has 0 amide bonds. The van der Waals surface area contributed by atoms with Crippen LogP contribution >= 0.6 is 0 Å². The van der Waals surface area contributed by atoms with Crippen LogP contribution in [-0.2, 0) is 26.6 Å². The minimum Gasteiger partial charge on any atom is -0.377 e. The van der Waals surface area contributed by atoms with Gasteiger partial charge < -0.3 is 26.6 Å². The first-order chi connectivity index (χ1) is 10.0. The summed E-state index contributed by atoms with van der Waals surface area (Å²) in [5, 5.41) is 0. The second-order valence-electron chi connectivity index (χ2n) is 4.33. The highest BCUT2D eigenvalue weighted by Gasteiger charge is 2.40. The van der Waals surface area contributed by atoms with E-state index in [0.29, 0.717) is 12.1 Å². The number of allylic oxidation sites excluding steroid dienone is 3. The van der Waals surface area contributed by atoms with Gasteiger partial charge in [-0.1, -0.05) is 18.2 Å². The average molecular weight is 337 g/mol. The maximum atomic E-state index is 5.43. The maximum Gasteiger partial charge on any atom is 0.504 e. The van der Waals surface area contributed by atoms with Crippen molar-refractivity contribution in [1.82, 2.24) is 0 Å². The van der Waals surface area contributed by atoms with E-state index in [1.165, 1.54) is 0 Å². The molecule has 124 valence electrons. The van der Waals surface area contributed by atoms with E-state index in [-0.39, 0.29) is 5.92 Å². The molecule has 1 unspecified atom stereocenters. The van der Waals surface area contributed by atoms with Gasteiger partial charge in [0.15, 0.2) is 0 Å². The van der Waals surface area contributed by atoms with Gasteiger partial charge in [-0.15, -0.1) is 6.58 Å². The summed E-state index contributed by atoms with van der Waals surface area (Å²) in [5.41, 5.74) is 0. The Morgan fingerprint density at radius 3 is 1.57 bits per heavy atom. The van der Waals surface area contributed by atoms with Gasteiger partial charge in [-0.05, 0) is 5.92 Å². The number of rotatable bonds is 12. The van der Waals surface area contributed by atoms with Crippen LogP contribution < -0.4 is 0 Å². The molecule has 0 heterocycles. The summed E-state index contributed by atoms with van der Waals surface area (Å²) in [6.45, 7) is 3.85. The Morgan fingerprint density at radius 1 is 0.810 bits per heavy atom. The summed E-state index contributed by atoms with van der Waals surface area (Å²) in [6.07, 6.45) is 5.84. The van der Waals surface area contributed by atoms with E-state index in [1.807, 2.05) is 18.2 Å². The Balaban J connectivity index is 4.77. The first kappa shape index (κ1) is 20.7. The van der Waals surface area contributed by atoms with E-state index >= 15 is 0 Å². The van der Waals surface area contributed by atoms with Crippen molar-refractivity contribution in [3.05, 3.63) is 24.8 Å². The SMILES string of the molecule is C=CC(C=CC[Si](OC)(OC)OC)C[Si](OC)(OC)OC. The molecular formula is C13H28O6Si2. The number of hydrogen-bond donors (Lipinski definition) is 0. The van der Waals surface area contributed by atoms with Gasteiger partial charge in [0.05, 0.1) is 0 Å². The highest BCUT2D eigenvalue weighted by atomic mass is 28.4. The molecule has 0 aromatic carbocycles. The molecule has 0 N–H and O–H groups in total. The normalized spacial score (nSPS) is 14.6. The Kier molecular flexibility index (Phi) is 10.2. The van der Waals surface area contributed by atoms with Crippen LogP contribution in [0.5, 0.6) is 0 Å². The minimum atomic E-state index is -2.63. The first-order valence-electron chi connectivity index (χ1n) is 6.61. The summed E-state index contributed by atoms with van der Waals surface area (Å²) in [4.78, 5) is 0. The van der Waals surface area contributed by atoms with Gasteiger partial charge in [-0.2, -0.15) is 0 Å². The summed E-state index contributed by atoms with van der Waals surface area (Å²) >= 11 is 0. The van der Waals surface area contributed by atoms with Crippen molar-refractivity contribution in [3.8, 4) is 0 Å². The second kappa shape index (κ2) is 10.4. The Labute approximate surface area is 130 Å². The fourth-order valence-corrected chi connectivity index (χ4v) is 5.21. The van der Waals surface area contributed by atoms with Crippen LogP contribution in [-0.4, -0.2) is 60.3 Å². The monoisotopic (exact) mass is 336 g/mol. The van der Waals surface area contributed by atoms with E-state index < -0.39 is 17.6 Å². The molecule has 0 radical (unpaired) electrons. The minimum absolute atomic E-state index is 0.0776. The van der Waals surface area contributed by atoms with Gasteiger partial charge in [-0.25, -0.2) is 0 Å². The van der Waals surface area contributed by atoms with Gasteiger partial charge in [0.25, 0.3) is 0 Å². The summed E-state index contributed by atoms with van der Waals surface area (Å²) in [6, 6.07) is 1.21. The van der Waals surface area contributed by atoms with Crippen molar-refractivity contribution in [2.24, 2.45) is 5.92 Å². The zero-order chi connectivity index (χ0) is 16.4. The Hall–Kier alpha value is -0.326. The van der Waals surface area contributed by atoms with Gasteiger partial charge in [0.2, 0.25) is 0 Å². The van der Waals surface area contributed by atoms with Crippen molar-refractivity contribution < 1.29 is 26.6 Å². The summed E-state index contributed by atoms with van der Waals surface area (Å²) < 4.78 is 32.4. The van der Waals surface area contributed by atoms with Crippen LogP contribution in [0.4, 0.5) is 0 Å². The quantitative estimate of drug-likeness (QED) is 0.402. The zero-order valence-electron chi connectivity index (χ0n) is 13.9. The lowest BCUT2D eigenvalue weighted by Crippen LogP contribution is -2.44. The average Bonchev–Trinajstić information content (AvgIpc) is 2.55. The molecule has 0 aliphatic heterocycles. The highest BCUT2D eigenvalue weighted by molar-refractivity contribution is 6.61. The highest BCUT2D eigenvalue weighted by Crippen LogP contribution is 2.22. The molecule has 21 heavy (non-hydrogen) atoms. The fraction of sp³-hybridized carbons (Fsp3) is 0.692. The van der Waals surface area contributed by atoms with Crippen LogP contribution in [0.2, 0.25) is 12.1 Å². The number of hydrogen-bond acceptors (Lipinski definition) is 6. The lowest BCUT2D eigenvalue weighted by atomic mass is 10.2. The predicted molar refractivity (Wildman–Crippen MR) is 86.0 cm³/mol. The maximum absolute atomic E-state index is 5.43. The third-order valence-corrected chi connectivity index (χ3v) is 8.84.